The first-order chi connectivity index (χ1) is 9.66. The first kappa shape index (κ1) is 17.2. The third-order valence-corrected chi connectivity index (χ3v) is 2.98. The minimum atomic E-state index is -5.08. The van der Waals surface area contributed by atoms with Crippen molar-refractivity contribution in [2.75, 3.05) is 6.54 Å². The molecule has 0 bridgehead atoms. The highest BCUT2D eigenvalue weighted by molar-refractivity contribution is 9.10. The van der Waals surface area contributed by atoms with Crippen LogP contribution in [0, 0.1) is 0 Å². The maximum Gasteiger partial charge on any atom is 0.490 e. The molecule has 2 rings (SSSR count). The van der Waals surface area contributed by atoms with Crippen molar-refractivity contribution >= 4 is 34.1 Å². The quantitative estimate of drug-likeness (QED) is 0.813. The summed E-state index contributed by atoms with van der Waals surface area (Å²) in [5.74, 6) is -2.81. The predicted molar refractivity (Wildman–Crippen MR) is 68.6 cm³/mol. The zero-order valence-electron chi connectivity index (χ0n) is 10.4. The summed E-state index contributed by atoms with van der Waals surface area (Å²) in [6.07, 6.45) is -4.33. The number of amides is 1. The average Bonchev–Trinajstić information content (AvgIpc) is 2.66. The summed E-state index contributed by atoms with van der Waals surface area (Å²) in [5, 5.41) is 7.12. The van der Waals surface area contributed by atoms with E-state index in [0.29, 0.717) is 12.1 Å². The SMILES string of the molecule is O=C(O)C(F)(F)F.O=CCN1Cc2cc(Br)ccc2C1=O. The molecule has 1 aromatic rings. The first-order valence-corrected chi connectivity index (χ1v) is 6.27. The fraction of sp³-hybridized carbons (Fsp3) is 0.250. The van der Waals surface area contributed by atoms with Crippen molar-refractivity contribution in [1.29, 1.82) is 0 Å². The highest BCUT2D eigenvalue weighted by atomic mass is 79.9. The van der Waals surface area contributed by atoms with E-state index in [1.165, 1.54) is 4.90 Å². The van der Waals surface area contributed by atoms with Crippen LogP contribution in [-0.4, -0.2) is 40.9 Å². The van der Waals surface area contributed by atoms with Crippen LogP contribution in [0.2, 0.25) is 0 Å². The van der Waals surface area contributed by atoms with Gasteiger partial charge in [-0.15, -0.1) is 0 Å². The summed E-state index contributed by atoms with van der Waals surface area (Å²) in [7, 11) is 0. The Morgan fingerprint density at radius 2 is 2.00 bits per heavy atom. The number of halogens is 4. The van der Waals surface area contributed by atoms with Gasteiger partial charge in [0.15, 0.2) is 0 Å². The van der Waals surface area contributed by atoms with E-state index >= 15 is 0 Å². The first-order valence-electron chi connectivity index (χ1n) is 5.48. The molecule has 0 saturated carbocycles. The molecule has 21 heavy (non-hydrogen) atoms. The number of nitrogens with zero attached hydrogens (tertiary/aromatic N) is 1. The number of carbonyl (C=O) groups is 3. The third kappa shape index (κ3) is 4.55. The lowest BCUT2D eigenvalue weighted by Crippen LogP contribution is -2.25. The monoisotopic (exact) mass is 367 g/mol. The lowest BCUT2D eigenvalue weighted by molar-refractivity contribution is -0.192. The van der Waals surface area contributed by atoms with Gasteiger partial charge in [-0.2, -0.15) is 13.2 Å². The van der Waals surface area contributed by atoms with E-state index in [1.54, 1.807) is 6.07 Å². The average molecular weight is 368 g/mol. The zero-order chi connectivity index (χ0) is 16.2. The summed E-state index contributed by atoms with van der Waals surface area (Å²) < 4.78 is 32.7. The van der Waals surface area contributed by atoms with Crippen LogP contribution in [-0.2, 0) is 16.1 Å². The molecule has 0 atom stereocenters. The van der Waals surface area contributed by atoms with Gasteiger partial charge >= 0.3 is 12.1 Å². The summed E-state index contributed by atoms with van der Waals surface area (Å²) >= 11 is 3.34. The second kappa shape index (κ2) is 6.70. The minimum Gasteiger partial charge on any atom is -0.475 e. The number of hydrogen-bond acceptors (Lipinski definition) is 3. The molecule has 0 fully saturated rings. The maximum absolute atomic E-state index is 11.6. The fourth-order valence-electron chi connectivity index (χ4n) is 1.59. The molecule has 0 radical (unpaired) electrons. The van der Waals surface area contributed by atoms with Crippen molar-refractivity contribution in [3.63, 3.8) is 0 Å². The van der Waals surface area contributed by atoms with Gasteiger partial charge in [-0.1, -0.05) is 15.9 Å². The van der Waals surface area contributed by atoms with Crippen molar-refractivity contribution in [3.05, 3.63) is 33.8 Å². The maximum atomic E-state index is 11.6. The Morgan fingerprint density at radius 1 is 1.43 bits per heavy atom. The number of fused-ring (bicyclic) bond motifs is 1. The third-order valence-electron chi connectivity index (χ3n) is 2.48. The van der Waals surface area contributed by atoms with E-state index in [9.17, 15) is 22.8 Å². The fourth-order valence-corrected chi connectivity index (χ4v) is 2.00. The van der Waals surface area contributed by atoms with Gasteiger partial charge in [0, 0.05) is 16.6 Å². The number of hydrogen-bond donors (Lipinski definition) is 1. The van der Waals surface area contributed by atoms with Crippen LogP contribution >= 0.6 is 15.9 Å². The second-order valence-corrected chi connectivity index (χ2v) is 4.87. The van der Waals surface area contributed by atoms with Crippen molar-refractivity contribution < 1.29 is 32.7 Å². The summed E-state index contributed by atoms with van der Waals surface area (Å²) in [5.41, 5.74) is 1.68. The largest absolute Gasteiger partial charge is 0.490 e. The van der Waals surface area contributed by atoms with E-state index in [4.69, 9.17) is 9.90 Å². The van der Waals surface area contributed by atoms with Gasteiger partial charge in [-0.25, -0.2) is 4.79 Å². The number of carboxylic acids is 1. The normalized spacial score (nSPS) is 13.3. The number of carboxylic acid groups (broad SMARTS) is 1. The van der Waals surface area contributed by atoms with Crippen molar-refractivity contribution in [2.24, 2.45) is 0 Å². The molecule has 1 heterocycles. The Morgan fingerprint density at radius 3 is 2.48 bits per heavy atom. The lowest BCUT2D eigenvalue weighted by Gasteiger charge is -2.09. The van der Waals surface area contributed by atoms with Gasteiger partial charge in [-0.05, 0) is 23.8 Å². The zero-order valence-corrected chi connectivity index (χ0v) is 11.9. The van der Waals surface area contributed by atoms with Crippen LogP contribution in [0.1, 0.15) is 15.9 Å². The highest BCUT2D eigenvalue weighted by Crippen LogP contribution is 2.25. The Labute approximate surface area is 125 Å². The van der Waals surface area contributed by atoms with Crippen molar-refractivity contribution in [2.45, 2.75) is 12.7 Å². The molecule has 1 aromatic carbocycles. The van der Waals surface area contributed by atoms with Crippen LogP contribution in [0.15, 0.2) is 22.7 Å². The molecule has 114 valence electrons. The van der Waals surface area contributed by atoms with Gasteiger partial charge in [0.1, 0.15) is 6.29 Å². The molecule has 0 unspecified atom stereocenters. The molecule has 1 N–H and O–H groups in total. The van der Waals surface area contributed by atoms with E-state index in [-0.39, 0.29) is 12.5 Å². The summed E-state index contributed by atoms with van der Waals surface area (Å²) in [4.78, 5) is 32.4. The second-order valence-electron chi connectivity index (χ2n) is 3.96. The van der Waals surface area contributed by atoms with E-state index in [2.05, 4.69) is 15.9 Å². The van der Waals surface area contributed by atoms with Gasteiger partial charge < -0.3 is 14.8 Å². The molecular formula is C12H9BrF3NO4. The van der Waals surface area contributed by atoms with E-state index in [0.717, 1.165) is 16.3 Å². The summed E-state index contributed by atoms with van der Waals surface area (Å²) in [6, 6.07) is 5.53. The number of rotatable bonds is 2. The molecule has 5 nitrogen and oxygen atoms in total. The van der Waals surface area contributed by atoms with Gasteiger partial charge in [0.2, 0.25) is 0 Å². The van der Waals surface area contributed by atoms with Crippen LogP contribution < -0.4 is 0 Å². The van der Waals surface area contributed by atoms with E-state index < -0.39 is 12.1 Å². The van der Waals surface area contributed by atoms with E-state index in [1.807, 2.05) is 12.1 Å². The standard InChI is InChI=1S/C10H8BrNO2.C2HF3O2/c11-8-1-2-9-7(5-8)6-12(3-4-13)10(9)14;3-2(4,5)1(6)7/h1-2,4-5H,3,6H2;(H,6,7). The molecule has 0 spiro atoms. The Bertz CT molecular complexity index is 574. The van der Waals surface area contributed by atoms with Crippen LogP contribution in [0.3, 0.4) is 0 Å². The number of alkyl halides is 3. The number of benzene rings is 1. The summed E-state index contributed by atoms with van der Waals surface area (Å²) in [6.45, 7) is 0.706. The Hall–Kier alpha value is -1.90. The molecule has 9 heteroatoms. The van der Waals surface area contributed by atoms with Gasteiger partial charge in [-0.3, -0.25) is 4.79 Å². The van der Waals surface area contributed by atoms with Crippen LogP contribution in [0.5, 0.6) is 0 Å². The number of aliphatic carboxylic acids is 1. The Balaban J connectivity index is 0.000000270. The van der Waals surface area contributed by atoms with Crippen molar-refractivity contribution in [1.82, 2.24) is 4.90 Å². The molecule has 0 aromatic heterocycles. The molecule has 0 saturated heterocycles. The molecule has 1 aliphatic heterocycles. The molecule has 1 amide bonds. The smallest absolute Gasteiger partial charge is 0.475 e. The van der Waals surface area contributed by atoms with Crippen molar-refractivity contribution in [3.8, 4) is 0 Å². The topological polar surface area (TPSA) is 74.7 Å². The van der Waals surface area contributed by atoms with Gasteiger partial charge in [0.05, 0.1) is 6.54 Å². The van der Waals surface area contributed by atoms with Crippen LogP contribution in [0.25, 0.3) is 0 Å². The molecule has 0 aliphatic carbocycles. The van der Waals surface area contributed by atoms with Crippen LogP contribution in [0.4, 0.5) is 13.2 Å². The molecule has 1 aliphatic rings. The Kier molecular flexibility index (Phi) is 5.47. The molecular weight excluding hydrogens is 359 g/mol. The minimum absolute atomic E-state index is 0.0559. The predicted octanol–water partition coefficient (Wildman–Crippen LogP) is 2.24. The van der Waals surface area contributed by atoms with Gasteiger partial charge in [0.25, 0.3) is 5.91 Å². The number of carbonyl (C=O) groups excluding carboxylic acids is 2. The lowest BCUT2D eigenvalue weighted by atomic mass is 10.1. The highest BCUT2D eigenvalue weighted by Gasteiger charge is 2.38. The number of aldehydes is 1.